The number of carbonyl (C=O) groups excluding carboxylic acids is 1. The number of hydrogen-bond acceptors (Lipinski definition) is 3. The highest BCUT2D eigenvalue weighted by Crippen LogP contribution is 1.79. The second kappa shape index (κ2) is 2.96. The van der Waals surface area contributed by atoms with Gasteiger partial charge in [-0.1, -0.05) is 0 Å². The van der Waals surface area contributed by atoms with Gasteiger partial charge in [-0.25, -0.2) is 9.59 Å². The quantitative estimate of drug-likeness (QED) is 0.349. The first kappa shape index (κ1) is 6.88. The highest BCUT2D eigenvalue weighted by molar-refractivity contribution is 5.95. The average Bonchev–Trinajstić information content (AvgIpc) is 1.69. The van der Waals surface area contributed by atoms with Gasteiger partial charge < -0.3 is 10.8 Å². The van der Waals surface area contributed by atoms with Crippen molar-refractivity contribution in [2.24, 2.45) is 5.73 Å². The fourth-order valence-corrected chi connectivity index (χ4v) is 0.173. The fourth-order valence-electron chi connectivity index (χ4n) is 0.173. The van der Waals surface area contributed by atoms with Crippen molar-refractivity contribution in [1.29, 1.82) is 0 Å². The highest BCUT2D eigenvalue weighted by atomic mass is 16.4. The van der Waals surface area contributed by atoms with E-state index >= 15 is 0 Å². The predicted molar refractivity (Wildman–Crippen MR) is 25.9 cm³/mol. The number of carbonyl (C=O) groups is 1. The van der Waals surface area contributed by atoms with Crippen molar-refractivity contribution in [2.45, 2.75) is 0 Å². The van der Waals surface area contributed by atoms with Gasteiger partial charge in [0.1, 0.15) is 11.5 Å². The maximum atomic E-state index is 9.78. The average molecular weight is 115 g/mol. The second-order valence-electron chi connectivity index (χ2n) is 1.09. The van der Waals surface area contributed by atoms with Crippen LogP contribution in [0.2, 0.25) is 0 Å². The standard InChI is InChI=1S/C4H5NO3/c5-1-3(2-6)4(7)8/h1,5H2,(H,7,8). The van der Waals surface area contributed by atoms with Crippen molar-refractivity contribution < 1.29 is 14.7 Å². The number of nitrogens with two attached hydrogens (primary N) is 1. The minimum absolute atomic E-state index is 0.265. The summed E-state index contributed by atoms with van der Waals surface area (Å²) in [6, 6.07) is 0. The number of carboxylic acids is 1. The molecule has 0 radical (unpaired) electrons. The van der Waals surface area contributed by atoms with E-state index in [2.05, 4.69) is 0 Å². The summed E-state index contributed by atoms with van der Waals surface area (Å²) >= 11 is 0. The van der Waals surface area contributed by atoms with Crippen molar-refractivity contribution >= 4 is 11.9 Å². The van der Waals surface area contributed by atoms with Crippen LogP contribution in [0.1, 0.15) is 0 Å². The van der Waals surface area contributed by atoms with Crippen LogP contribution in [-0.4, -0.2) is 23.6 Å². The Labute approximate surface area is 45.6 Å². The lowest BCUT2D eigenvalue weighted by atomic mass is 10.3. The van der Waals surface area contributed by atoms with Crippen molar-refractivity contribution in [3.05, 3.63) is 5.57 Å². The van der Waals surface area contributed by atoms with Crippen molar-refractivity contribution in [1.82, 2.24) is 0 Å². The van der Waals surface area contributed by atoms with E-state index in [1.54, 1.807) is 0 Å². The minimum atomic E-state index is -1.30. The third-order valence-corrected chi connectivity index (χ3v) is 0.585. The molecule has 0 spiro atoms. The smallest absolute Gasteiger partial charge is 0.344 e. The molecule has 0 atom stereocenters. The molecule has 8 heavy (non-hydrogen) atoms. The molecule has 0 saturated carbocycles. The zero-order valence-corrected chi connectivity index (χ0v) is 4.05. The topological polar surface area (TPSA) is 80.4 Å². The van der Waals surface area contributed by atoms with Gasteiger partial charge in [-0.2, -0.15) is 0 Å². The van der Waals surface area contributed by atoms with Gasteiger partial charge in [-0.3, -0.25) is 0 Å². The molecule has 44 valence electrons. The van der Waals surface area contributed by atoms with Gasteiger partial charge in [0, 0.05) is 6.54 Å². The molecule has 0 aromatic heterocycles. The molecule has 0 saturated heterocycles. The summed E-state index contributed by atoms with van der Waals surface area (Å²) in [5.74, 6) is -0.110. The van der Waals surface area contributed by atoms with Crippen LogP contribution in [-0.2, 0) is 9.59 Å². The molecule has 0 heterocycles. The normalized spacial score (nSPS) is 7.62. The molecule has 0 bridgehead atoms. The van der Waals surface area contributed by atoms with Gasteiger partial charge in [0.05, 0.1) is 0 Å². The molecule has 0 aliphatic carbocycles. The first-order valence-electron chi connectivity index (χ1n) is 1.89. The van der Waals surface area contributed by atoms with E-state index in [4.69, 9.17) is 10.8 Å². The zero-order valence-electron chi connectivity index (χ0n) is 4.05. The molecule has 0 aliphatic rings. The molecule has 0 amide bonds. The van der Waals surface area contributed by atoms with Gasteiger partial charge in [-0.05, 0) is 0 Å². The van der Waals surface area contributed by atoms with E-state index in [0.717, 1.165) is 0 Å². The molecule has 0 aromatic rings. The Balaban J connectivity index is 4.14. The molecule has 4 heteroatoms. The summed E-state index contributed by atoms with van der Waals surface area (Å²) in [4.78, 5) is 19.3. The van der Waals surface area contributed by atoms with Crippen LogP contribution >= 0.6 is 0 Å². The molecular weight excluding hydrogens is 110 g/mol. The van der Waals surface area contributed by atoms with Crippen LogP contribution < -0.4 is 5.73 Å². The Kier molecular flexibility index (Phi) is 2.54. The third kappa shape index (κ3) is 1.55. The van der Waals surface area contributed by atoms with Crippen LogP contribution in [0.4, 0.5) is 0 Å². The number of aliphatic carboxylic acids is 1. The lowest BCUT2D eigenvalue weighted by Gasteiger charge is -1.85. The highest BCUT2D eigenvalue weighted by Gasteiger charge is 2.02. The molecule has 4 nitrogen and oxygen atoms in total. The largest absolute Gasteiger partial charge is 0.477 e. The Morgan fingerprint density at radius 1 is 1.75 bits per heavy atom. The fraction of sp³-hybridized carbons (Fsp3) is 0.250. The lowest BCUT2D eigenvalue weighted by Crippen LogP contribution is -2.12. The maximum absolute atomic E-state index is 9.78. The number of rotatable bonds is 2. The van der Waals surface area contributed by atoms with Gasteiger partial charge in [0.25, 0.3) is 0 Å². The van der Waals surface area contributed by atoms with Crippen LogP contribution in [0, 0.1) is 0 Å². The van der Waals surface area contributed by atoms with E-state index in [0.29, 0.717) is 0 Å². The van der Waals surface area contributed by atoms with E-state index in [-0.39, 0.29) is 6.54 Å². The summed E-state index contributed by atoms with van der Waals surface area (Å²) in [6.45, 7) is -0.265. The Bertz CT molecular complexity index is 145. The van der Waals surface area contributed by atoms with Gasteiger partial charge in [0.2, 0.25) is 0 Å². The maximum Gasteiger partial charge on any atom is 0.344 e. The summed E-state index contributed by atoms with van der Waals surface area (Å²) in [7, 11) is 0. The molecular formula is C4H5NO3. The Morgan fingerprint density at radius 3 is 2.25 bits per heavy atom. The van der Waals surface area contributed by atoms with Crippen LogP contribution in [0.5, 0.6) is 0 Å². The van der Waals surface area contributed by atoms with Gasteiger partial charge >= 0.3 is 5.97 Å². The van der Waals surface area contributed by atoms with E-state index in [1.165, 1.54) is 5.94 Å². The summed E-state index contributed by atoms with van der Waals surface area (Å²) < 4.78 is 0. The van der Waals surface area contributed by atoms with Crippen molar-refractivity contribution in [3.63, 3.8) is 0 Å². The van der Waals surface area contributed by atoms with Gasteiger partial charge in [0.15, 0.2) is 0 Å². The molecule has 0 fully saturated rings. The summed E-state index contributed by atoms with van der Waals surface area (Å²) in [6.07, 6.45) is 0. The Morgan fingerprint density at radius 2 is 2.25 bits per heavy atom. The van der Waals surface area contributed by atoms with E-state index < -0.39 is 11.5 Å². The molecule has 0 aromatic carbocycles. The zero-order chi connectivity index (χ0) is 6.57. The molecule has 0 rings (SSSR count). The summed E-state index contributed by atoms with van der Waals surface area (Å²) in [5.41, 5.74) is 4.38. The van der Waals surface area contributed by atoms with Crippen LogP contribution in [0.3, 0.4) is 0 Å². The van der Waals surface area contributed by atoms with Crippen molar-refractivity contribution in [2.75, 3.05) is 6.54 Å². The first-order chi connectivity index (χ1) is 3.72. The van der Waals surface area contributed by atoms with Gasteiger partial charge in [-0.15, -0.1) is 0 Å². The van der Waals surface area contributed by atoms with Crippen LogP contribution in [0.25, 0.3) is 0 Å². The predicted octanol–water partition coefficient (Wildman–Crippen LogP) is -1.21. The Hall–Kier alpha value is -1.12. The second-order valence-corrected chi connectivity index (χ2v) is 1.09. The third-order valence-electron chi connectivity index (χ3n) is 0.585. The van der Waals surface area contributed by atoms with Crippen LogP contribution in [0.15, 0.2) is 5.57 Å². The number of hydrogen-bond donors (Lipinski definition) is 2. The summed E-state index contributed by atoms with van der Waals surface area (Å²) in [5, 5.41) is 7.99. The molecule has 0 unspecified atom stereocenters. The SMILES string of the molecule is NCC(=C=O)C(=O)O. The van der Waals surface area contributed by atoms with E-state index in [9.17, 15) is 9.59 Å². The van der Waals surface area contributed by atoms with E-state index in [1.807, 2.05) is 0 Å². The minimum Gasteiger partial charge on any atom is -0.477 e. The van der Waals surface area contributed by atoms with Crippen molar-refractivity contribution in [3.8, 4) is 0 Å². The molecule has 3 N–H and O–H groups in total. The first-order valence-corrected chi connectivity index (χ1v) is 1.89. The lowest BCUT2D eigenvalue weighted by molar-refractivity contribution is -0.132. The monoisotopic (exact) mass is 115 g/mol. The number of carboxylic acid groups (broad SMARTS) is 1. The molecule has 0 aliphatic heterocycles.